The van der Waals surface area contributed by atoms with Crippen LogP contribution in [-0.4, -0.2) is 53.4 Å². The van der Waals surface area contributed by atoms with Crippen molar-refractivity contribution < 1.29 is 9.18 Å². The first kappa shape index (κ1) is 16.8. The fourth-order valence-corrected chi connectivity index (χ4v) is 4.17. The van der Waals surface area contributed by atoms with Crippen molar-refractivity contribution in [2.45, 2.75) is 31.8 Å². The molecule has 1 aromatic carbocycles. The lowest BCUT2D eigenvalue weighted by Crippen LogP contribution is -2.47. The molecule has 4 rings (SSSR count). The molecule has 1 aromatic rings. The highest BCUT2D eigenvalue weighted by Crippen LogP contribution is 2.29. The van der Waals surface area contributed by atoms with Crippen molar-refractivity contribution in [2.24, 2.45) is 5.92 Å². The summed E-state index contributed by atoms with van der Waals surface area (Å²) in [5.41, 5.74) is 1.15. The van der Waals surface area contributed by atoms with Crippen LogP contribution < -0.4 is 0 Å². The Kier molecular flexibility index (Phi) is 5.59. The lowest BCUT2D eigenvalue weighted by molar-refractivity contribution is -0.134. The number of nitrogens with zero attached hydrogens (tertiary/aromatic N) is 2. The third-order valence-corrected chi connectivity index (χ3v) is 5.56. The van der Waals surface area contributed by atoms with E-state index in [2.05, 4.69) is 9.80 Å². The topological polar surface area (TPSA) is 23.6 Å². The van der Waals surface area contributed by atoms with Gasteiger partial charge in [-0.2, -0.15) is 11.8 Å². The van der Waals surface area contributed by atoms with Crippen LogP contribution in [0.1, 0.15) is 24.8 Å². The molecule has 0 aliphatic carbocycles. The summed E-state index contributed by atoms with van der Waals surface area (Å²) in [6.45, 7) is 3.75. The van der Waals surface area contributed by atoms with Gasteiger partial charge in [-0.15, -0.1) is 0 Å². The molecule has 3 aliphatic rings. The highest BCUT2D eigenvalue weighted by Gasteiger charge is 2.36. The third-order valence-electron chi connectivity index (χ3n) is 4.95. The first-order valence-corrected chi connectivity index (χ1v) is 9.80. The van der Waals surface area contributed by atoms with E-state index in [4.69, 9.17) is 0 Å². The smallest absolute Gasteiger partial charge is 0.223 e. The molecule has 3 fully saturated rings. The summed E-state index contributed by atoms with van der Waals surface area (Å²) in [6.07, 6.45) is 5.04. The van der Waals surface area contributed by atoms with Crippen molar-refractivity contribution in [1.82, 2.24) is 9.80 Å². The number of thioether (sulfide) groups is 1. The number of carbonyl (C=O) groups is 1. The Bertz CT molecular complexity index is 536. The SMILES string of the molecule is CSCCC(=O)N1C[C@H]2CC[C@@H]1CN(Cc1ccc(F)cc1)C2. The Morgan fingerprint density at radius 1 is 1.22 bits per heavy atom. The molecular formula is C18H25FN2OS. The van der Waals surface area contributed by atoms with E-state index in [0.29, 0.717) is 24.3 Å². The molecule has 126 valence electrons. The van der Waals surface area contributed by atoms with Gasteiger partial charge in [0.2, 0.25) is 5.91 Å². The summed E-state index contributed by atoms with van der Waals surface area (Å²) in [5, 5.41) is 0. The predicted molar refractivity (Wildman–Crippen MR) is 92.9 cm³/mol. The Morgan fingerprint density at radius 3 is 2.74 bits per heavy atom. The van der Waals surface area contributed by atoms with Crippen LogP contribution in [0.4, 0.5) is 4.39 Å². The molecule has 0 saturated carbocycles. The maximum Gasteiger partial charge on any atom is 0.223 e. The van der Waals surface area contributed by atoms with E-state index in [1.165, 1.54) is 18.6 Å². The van der Waals surface area contributed by atoms with Gasteiger partial charge in [0.15, 0.2) is 0 Å². The van der Waals surface area contributed by atoms with Crippen LogP contribution in [-0.2, 0) is 11.3 Å². The van der Waals surface area contributed by atoms with Gasteiger partial charge < -0.3 is 4.90 Å². The molecule has 0 unspecified atom stereocenters. The molecule has 0 N–H and O–H groups in total. The Morgan fingerprint density at radius 2 is 2.00 bits per heavy atom. The quantitative estimate of drug-likeness (QED) is 0.826. The molecule has 3 saturated heterocycles. The van der Waals surface area contributed by atoms with Crippen LogP contribution in [0.15, 0.2) is 24.3 Å². The van der Waals surface area contributed by atoms with Gasteiger partial charge in [0.25, 0.3) is 0 Å². The van der Waals surface area contributed by atoms with Gasteiger partial charge in [-0.1, -0.05) is 12.1 Å². The molecule has 23 heavy (non-hydrogen) atoms. The highest BCUT2D eigenvalue weighted by atomic mass is 32.2. The third kappa shape index (κ3) is 4.27. The van der Waals surface area contributed by atoms with Gasteiger partial charge in [-0.25, -0.2) is 4.39 Å². The molecule has 2 bridgehead atoms. The van der Waals surface area contributed by atoms with E-state index < -0.39 is 0 Å². The molecule has 1 amide bonds. The number of halogens is 1. The predicted octanol–water partition coefficient (Wildman–Crippen LogP) is 3.00. The normalized spacial score (nSPS) is 24.7. The van der Waals surface area contributed by atoms with E-state index in [0.717, 1.165) is 43.9 Å². The van der Waals surface area contributed by atoms with Crippen LogP contribution in [0, 0.1) is 11.7 Å². The molecule has 0 radical (unpaired) electrons. The molecule has 0 aromatic heterocycles. The Labute approximate surface area is 142 Å². The molecule has 3 aliphatic heterocycles. The monoisotopic (exact) mass is 336 g/mol. The molecule has 0 spiro atoms. The minimum atomic E-state index is -0.185. The fourth-order valence-electron chi connectivity index (χ4n) is 3.79. The van der Waals surface area contributed by atoms with Crippen molar-refractivity contribution in [3.8, 4) is 0 Å². The van der Waals surface area contributed by atoms with E-state index in [-0.39, 0.29) is 5.82 Å². The number of rotatable bonds is 5. The number of carbonyl (C=O) groups excluding carboxylic acids is 1. The summed E-state index contributed by atoms with van der Waals surface area (Å²) >= 11 is 1.73. The van der Waals surface area contributed by atoms with Crippen LogP contribution in [0.5, 0.6) is 0 Å². The second-order valence-corrected chi connectivity index (χ2v) is 7.69. The van der Waals surface area contributed by atoms with Crippen molar-refractivity contribution in [3.63, 3.8) is 0 Å². The van der Waals surface area contributed by atoms with E-state index >= 15 is 0 Å². The van der Waals surface area contributed by atoms with Gasteiger partial charge in [-0.05, 0) is 42.7 Å². The zero-order chi connectivity index (χ0) is 16.2. The Balaban J connectivity index is 1.64. The van der Waals surface area contributed by atoms with Gasteiger partial charge in [0.1, 0.15) is 5.82 Å². The van der Waals surface area contributed by atoms with E-state index in [1.807, 2.05) is 18.4 Å². The average molecular weight is 336 g/mol. The van der Waals surface area contributed by atoms with E-state index in [9.17, 15) is 9.18 Å². The van der Waals surface area contributed by atoms with Crippen LogP contribution in [0.2, 0.25) is 0 Å². The number of benzene rings is 1. The first-order chi connectivity index (χ1) is 11.2. The molecular weight excluding hydrogens is 311 g/mol. The van der Waals surface area contributed by atoms with Crippen molar-refractivity contribution in [2.75, 3.05) is 31.6 Å². The maximum absolute atomic E-state index is 13.0. The van der Waals surface area contributed by atoms with Gasteiger partial charge in [0.05, 0.1) is 0 Å². The second-order valence-electron chi connectivity index (χ2n) is 6.71. The number of hydrogen-bond acceptors (Lipinski definition) is 3. The fraction of sp³-hybridized carbons (Fsp3) is 0.611. The molecule has 5 heteroatoms. The highest BCUT2D eigenvalue weighted by molar-refractivity contribution is 7.98. The van der Waals surface area contributed by atoms with Crippen LogP contribution >= 0.6 is 11.8 Å². The van der Waals surface area contributed by atoms with Crippen molar-refractivity contribution >= 4 is 17.7 Å². The summed E-state index contributed by atoms with van der Waals surface area (Å²) in [7, 11) is 0. The largest absolute Gasteiger partial charge is 0.338 e. The number of fused-ring (bicyclic) bond motifs is 4. The van der Waals surface area contributed by atoms with Gasteiger partial charge in [0, 0.05) is 44.4 Å². The summed E-state index contributed by atoms with van der Waals surface area (Å²) in [6, 6.07) is 7.14. The minimum Gasteiger partial charge on any atom is -0.338 e. The molecule has 3 nitrogen and oxygen atoms in total. The average Bonchev–Trinajstić information content (AvgIpc) is 2.85. The van der Waals surface area contributed by atoms with Gasteiger partial charge >= 0.3 is 0 Å². The standard InChI is InChI=1S/C18H25FN2OS/c1-23-9-8-18(22)21-12-15-4-7-17(21)13-20(11-15)10-14-2-5-16(19)6-3-14/h2-3,5-6,15,17H,4,7-13H2,1H3/t15-,17+/m0/s1. The summed E-state index contributed by atoms with van der Waals surface area (Å²) < 4.78 is 13.0. The number of piperidine rings is 1. The van der Waals surface area contributed by atoms with Crippen LogP contribution in [0.25, 0.3) is 0 Å². The van der Waals surface area contributed by atoms with Crippen molar-refractivity contribution in [1.29, 1.82) is 0 Å². The first-order valence-electron chi connectivity index (χ1n) is 8.41. The van der Waals surface area contributed by atoms with Gasteiger partial charge in [-0.3, -0.25) is 9.69 Å². The number of amides is 1. The number of hydrogen-bond donors (Lipinski definition) is 0. The van der Waals surface area contributed by atoms with Crippen LogP contribution in [0.3, 0.4) is 0 Å². The lowest BCUT2D eigenvalue weighted by atomic mass is 9.95. The molecule has 3 heterocycles. The summed E-state index contributed by atoms with van der Waals surface area (Å²) in [5.74, 6) is 1.62. The maximum atomic E-state index is 13.0. The molecule has 2 atom stereocenters. The second kappa shape index (κ2) is 7.67. The lowest BCUT2D eigenvalue weighted by Gasteiger charge is -2.36. The minimum absolute atomic E-state index is 0.185. The van der Waals surface area contributed by atoms with Crippen molar-refractivity contribution in [3.05, 3.63) is 35.6 Å². The summed E-state index contributed by atoms with van der Waals surface area (Å²) in [4.78, 5) is 17.0. The zero-order valence-electron chi connectivity index (χ0n) is 13.7. The Hall–Kier alpha value is -1.07. The zero-order valence-corrected chi connectivity index (χ0v) is 14.5. The van der Waals surface area contributed by atoms with E-state index in [1.54, 1.807) is 11.8 Å².